The maximum atomic E-state index is 14.8. The Labute approximate surface area is 149 Å². The first-order valence-corrected chi connectivity index (χ1v) is 9.67. The van der Waals surface area contributed by atoms with Crippen molar-refractivity contribution in [2.45, 2.75) is 65.2 Å². The van der Waals surface area contributed by atoms with E-state index < -0.39 is 12.3 Å². The second-order valence-corrected chi connectivity index (χ2v) is 9.18. The number of carbonyl (C=O) groups is 1. The van der Waals surface area contributed by atoms with Crippen LogP contribution in [0.4, 0.5) is 4.39 Å². The molecule has 0 radical (unpaired) electrons. The average Bonchev–Trinajstić information content (AvgIpc) is 2.79. The first kappa shape index (κ1) is 17.1. The lowest BCUT2D eigenvalue weighted by Gasteiger charge is -2.57. The van der Waals surface area contributed by atoms with E-state index in [1.165, 1.54) is 6.92 Å². The van der Waals surface area contributed by atoms with E-state index in [1.54, 1.807) is 0 Å². The summed E-state index contributed by atoms with van der Waals surface area (Å²) in [5, 5.41) is 9.88. The van der Waals surface area contributed by atoms with E-state index in [-0.39, 0.29) is 22.7 Å². The summed E-state index contributed by atoms with van der Waals surface area (Å²) < 4.78 is 20.3. The molecule has 0 aliphatic heterocycles. The molecule has 3 saturated carbocycles. The lowest BCUT2D eigenvalue weighted by Crippen LogP contribution is -2.52. The van der Waals surface area contributed by atoms with E-state index in [9.17, 15) is 14.3 Å². The van der Waals surface area contributed by atoms with Gasteiger partial charge in [0, 0.05) is 12.3 Å². The smallest absolute Gasteiger partial charge is 0.303 e. The van der Waals surface area contributed by atoms with Gasteiger partial charge in [-0.25, -0.2) is 4.39 Å². The van der Waals surface area contributed by atoms with Crippen molar-refractivity contribution >= 4 is 5.97 Å². The van der Waals surface area contributed by atoms with E-state index >= 15 is 0 Å². The highest BCUT2D eigenvalue weighted by molar-refractivity contribution is 5.66. The topological polar surface area (TPSA) is 46.5 Å². The van der Waals surface area contributed by atoms with Crippen LogP contribution in [0.15, 0.2) is 24.0 Å². The summed E-state index contributed by atoms with van der Waals surface area (Å²) in [6.07, 6.45) is 8.97. The molecule has 8 atom stereocenters. The molecular weight excluding hydrogens is 319 g/mol. The van der Waals surface area contributed by atoms with Crippen molar-refractivity contribution in [2.24, 2.45) is 34.5 Å². The molecule has 0 saturated heterocycles. The van der Waals surface area contributed by atoms with E-state index in [2.05, 4.69) is 19.9 Å². The SMILES string of the molecule is CC(=O)OC1C(F)C[C@H]2[C@@H]3CCC4C=C(O)C=C[C@]4(C)[C@@H]3CC[C@]12C. The standard InChI is InChI=1S/C21H29FO3/c1-12(23)25-19-18(22)11-17-15-5-4-13-10-14(24)6-8-20(13,2)16(15)7-9-21(17,19)3/h6,8,10,13,15-19,24H,4-5,7,9,11H2,1-3H3/t13?,15-,16-,17+,18?,19?,20+,21+/m1/s1. The minimum absolute atomic E-state index is 0.0435. The molecule has 0 aromatic heterocycles. The normalized spacial score (nSPS) is 51.1. The zero-order valence-corrected chi connectivity index (χ0v) is 15.4. The monoisotopic (exact) mass is 348 g/mol. The molecule has 0 spiro atoms. The van der Waals surface area contributed by atoms with Gasteiger partial charge in [-0.1, -0.05) is 19.9 Å². The maximum Gasteiger partial charge on any atom is 0.303 e. The number of aliphatic hydroxyl groups excluding tert-OH is 1. The molecule has 4 aliphatic rings. The molecule has 3 unspecified atom stereocenters. The van der Waals surface area contributed by atoms with Crippen molar-refractivity contribution in [1.29, 1.82) is 0 Å². The number of rotatable bonds is 1. The van der Waals surface area contributed by atoms with Crippen LogP contribution in [-0.2, 0) is 9.53 Å². The van der Waals surface area contributed by atoms with Gasteiger partial charge in [-0.05, 0) is 73.3 Å². The fourth-order valence-corrected chi connectivity index (χ4v) is 6.77. The molecule has 3 fully saturated rings. The molecule has 0 amide bonds. The molecule has 4 heteroatoms. The number of alkyl halides is 1. The average molecular weight is 348 g/mol. The second-order valence-electron chi connectivity index (χ2n) is 9.18. The number of hydrogen-bond acceptors (Lipinski definition) is 3. The maximum absolute atomic E-state index is 14.8. The Morgan fingerprint density at radius 2 is 2.04 bits per heavy atom. The van der Waals surface area contributed by atoms with Crippen molar-refractivity contribution in [3.8, 4) is 0 Å². The van der Waals surface area contributed by atoms with Crippen LogP contribution in [-0.4, -0.2) is 23.4 Å². The zero-order chi connectivity index (χ0) is 18.0. The molecule has 3 nitrogen and oxygen atoms in total. The van der Waals surface area contributed by atoms with Gasteiger partial charge in [-0.3, -0.25) is 4.79 Å². The van der Waals surface area contributed by atoms with Gasteiger partial charge in [-0.2, -0.15) is 0 Å². The number of hydrogen-bond donors (Lipinski definition) is 1. The van der Waals surface area contributed by atoms with Crippen LogP contribution >= 0.6 is 0 Å². The lowest BCUT2D eigenvalue weighted by atomic mass is 9.47. The lowest BCUT2D eigenvalue weighted by molar-refractivity contribution is -0.161. The second kappa shape index (κ2) is 5.59. The van der Waals surface area contributed by atoms with Crippen LogP contribution in [0.3, 0.4) is 0 Å². The first-order chi connectivity index (χ1) is 11.8. The Hall–Kier alpha value is -1.32. The number of allylic oxidation sites excluding steroid dienone is 3. The molecule has 1 N–H and O–H groups in total. The summed E-state index contributed by atoms with van der Waals surface area (Å²) in [7, 11) is 0. The quantitative estimate of drug-likeness (QED) is 0.697. The number of halogens is 1. The van der Waals surface area contributed by atoms with Crippen LogP contribution < -0.4 is 0 Å². The van der Waals surface area contributed by atoms with Gasteiger partial charge < -0.3 is 9.84 Å². The van der Waals surface area contributed by atoms with Crippen LogP contribution in [0, 0.1) is 34.5 Å². The third-order valence-corrected chi connectivity index (χ3v) is 8.02. The van der Waals surface area contributed by atoms with Gasteiger partial charge in [0.05, 0.1) is 0 Å². The summed E-state index contributed by atoms with van der Waals surface area (Å²) in [6.45, 7) is 5.83. The summed E-state index contributed by atoms with van der Waals surface area (Å²) in [5.41, 5.74) is -0.201. The predicted octanol–water partition coefficient (Wildman–Crippen LogP) is 4.74. The van der Waals surface area contributed by atoms with E-state index in [1.807, 2.05) is 12.2 Å². The van der Waals surface area contributed by atoms with Crippen molar-refractivity contribution in [3.05, 3.63) is 24.0 Å². The molecule has 0 bridgehead atoms. The van der Waals surface area contributed by atoms with Gasteiger partial charge in [0.1, 0.15) is 18.0 Å². The van der Waals surface area contributed by atoms with Crippen molar-refractivity contribution in [1.82, 2.24) is 0 Å². The molecule has 0 heterocycles. The third-order valence-electron chi connectivity index (χ3n) is 8.02. The van der Waals surface area contributed by atoms with Gasteiger partial charge in [-0.15, -0.1) is 0 Å². The Balaban J connectivity index is 1.64. The van der Waals surface area contributed by atoms with Crippen LogP contribution in [0.2, 0.25) is 0 Å². The summed E-state index contributed by atoms with van der Waals surface area (Å²) in [6, 6.07) is 0. The minimum Gasteiger partial charge on any atom is -0.508 e. The fraction of sp³-hybridized carbons (Fsp3) is 0.762. The van der Waals surface area contributed by atoms with Crippen LogP contribution in [0.25, 0.3) is 0 Å². The van der Waals surface area contributed by atoms with Gasteiger partial charge >= 0.3 is 5.97 Å². The molecule has 4 rings (SSSR count). The highest BCUT2D eigenvalue weighted by Crippen LogP contribution is 2.65. The Kier molecular flexibility index (Phi) is 3.82. The third kappa shape index (κ3) is 2.39. The first-order valence-electron chi connectivity index (χ1n) is 9.67. The van der Waals surface area contributed by atoms with E-state index in [4.69, 9.17) is 4.74 Å². The summed E-state index contributed by atoms with van der Waals surface area (Å²) in [5.74, 6) is 1.63. The molecule has 4 aliphatic carbocycles. The Morgan fingerprint density at radius 3 is 2.76 bits per heavy atom. The fourth-order valence-electron chi connectivity index (χ4n) is 6.77. The number of ether oxygens (including phenoxy) is 1. The molecule has 25 heavy (non-hydrogen) atoms. The number of fused-ring (bicyclic) bond motifs is 5. The van der Waals surface area contributed by atoms with Gasteiger partial charge in [0.25, 0.3) is 0 Å². The molecule has 0 aromatic carbocycles. The summed E-state index contributed by atoms with van der Waals surface area (Å²) >= 11 is 0. The highest BCUT2D eigenvalue weighted by atomic mass is 19.1. The van der Waals surface area contributed by atoms with Gasteiger partial charge in [0.15, 0.2) is 0 Å². The van der Waals surface area contributed by atoms with Crippen molar-refractivity contribution in [3.63, 3.8) is 0 Å². The molecule has 0 aromatic rings. The summed E-state index contributed by atoms with van der Waals surface area (Å²) in [4.78, 5) is 11.5. The minimum atomic E-state index is -1.05. The largest absolute Gasteiger partial charge is 0.508 e. The number of aliphatic hydroxyl groups is 1. The van der Waals surface area contributed by atoms with Crippen molar-refractivity contribution in [2.75, 3.05) is 0 Å². The highest BCUT2D eigenvalue weighted by Gasteiger charge is 2.63. The Morgan fingerprint density at radius 1 is 1.28 bits per heavy atom. The molecular formula is C21H29FO3. The van der Waals surface area contributed by atoms with Crippen LogP contribution in [0.1, 0.15) is 52.9 Å². The predicted molar refractivity (Wildman–Crippen MR) is 93.6 cm³/mol. The number of carbonyl (C=O) groups excluding carboxylic acids is 1. The van der Waals surface area contributed by atoms with Crippen molar-refractivity contribution < 1.29 is 19.0 Å². The zero-order valence-electron chi connectivity index (χ0n) is 15.4. The van der Waals surface area contributed by atoms with Gasteiger partial charge in [0.2, 0.25) is 0 Å². The number of esters is 1. The Bertz CT molecular complexity index is 641. The van der Waals surface area contributed by atoms with E-state index in [0.717, 1.165) is 25.7 Å². The van der Waals surface area contributed by atoms with Crippen LogP contribution in [0.5, 0.6) is 0 Å². The van der Waals surface area contributed by atoms with E-state index in [0.29, 0.717) is 29.9 Å². The molecule has 138 valence electrons.